The fraction of sp³-hybridized carbons (Fsp3) is 0.400. The van der Waals surface area contributed by atoms with E-state index in [1.807, 2.05) is 0 Å². The van der Waals surface area contributed by atoms with Crippen molar-refractivity contribution in [1.82, 2.24) is 4.90 Å². The fourth-order valence-corrected chi connectivity index (χ4v) is 2.26. The van der Waals surface area contributed by atoms with Crippen LogP contribution in [0.2, 0.25) is 0 Å². The van der Waals surface area contributed by atoms with Crippen LogP contribution in [-0.2, 0) is 11.3 Å². The SMILES string of the molecule is CN1Cc2cc(C(=O)CCCCC(=O)O)ccc2NC1=O. The van der Waals surface area contributed by atoms with Gasteiger partial charge in [0.1, 0.15) is 0 Å². The molecule has 6 nitrogen and oxygen atoms in total. The van der Waals surface area contributed by atoms with E-state index in [2.05, 4.69) is 5.32 Å². The maximum Gasteiger partial charge on any atom is 0.321 e. The van der Waals surface area contributed by atoms with Crippen molar-refractivity contribution in [2.45, 2.75) is 32.2 Å². The minimum atomic E-state index is -0.838. The lowest BCUT2D eigenvalue weighted by Gasteiger charge is -2.26. The number of ketones is 1. The van der Waals surface area contributed by atoms with Crippen LogP contribution in [-0.4, -0.2) is 34.8 Å². The zero-order valence-electron chi connectivity index (χ0n) is 11.9. The molecular formula is C15H18N2O4. The molecule has 0 bridgehead atoms. The van der Waals surface area contributed by atoms with Gasteiger partial charge < -0.3 is 15.3 Å². The third kappa shape index (κ3) is 3.81. The number of urea groups is 1. The number of carboxylic acid groups (broad SMARTS) is 1. The minimum absolute atomic E-state index is 0.00254. The van der Waals surface area contributed by atoms with Gasteiger partial charge in [0.15, 0.2) is 5.78 Å². The zero-order chi connectivity index (χ0) is 15.4. The van der Waals surface area contributed by atoms with E-state index in [-0.39, 0.29) is 18.2 Å². The third-order valence-electron chi connectivity index (χ3n) is 3.47. The van der Waals surface area contributed by atoms with Crippen molar-refractivity contribution in [2.75, 3.05) is 12.4 Å². The van der Waals surface area contributed by atoms with E-state index < -0.39 is 5.97 Å². The molecule has 0 spiro atoms. The molecule has 0 saturated heterocycles. The van der Waals surface area contributed by atoms with Gasteiger partial charge in [-0.1, -0.05) is 0 Å². The number of hydrogen-bond donors (Lipinski definition) is 2. The smallest absolute Gasteiger partial charge is 0.321 e. The molecule has 0 saturated carbocycles. The van der Waals surface area contributed by atoms with Gasteiger partial charge in [0.2, 0.25) is 0 Å². The molecule has 0 aliphatic carbocycles. The monoisotopic (exact) mass is 290 g/mol. The van der Waals surface area contributed by atoms with E-state index >= 15 is 0 Å². The van der Waals surface area contributed by atoms with E-state index in [1.54, 1.807) is 30.1 Å². The molecule has 0 unspecified atom stereocenters. The minimum Gasteiger partial charge on any atom is -0.481 e. The van der Waals surface area contributed by atoms with Crippen LogP contribution in [0, 0.1) is 0 Å². The Bertz CT molecular complexity index is 583. The Balaban J connectivity index is 1.98. The summed E-state index contributed by atoms with van der Waals surface area (Å²) >= 11 is 0. The second-order valence-corrected chi connectivity index (χ2v) is 5.18. The van der Waals surface area contributed by atoms with Crippen molar-refractivity contribution < 1.29 is 19.5 Å². The van der Waals surface area contributed by atoms with Gasteiger partial charge in [-0.25, -0.2) is 4.79 Å². The number of benzene rings is 1. The molecule has 1 aliphatic rings. The van der Waals surface area contributed by atoms with Crippen LogP contribution < -0.4 is 5.32 Å². The number of anilines is 1. The van der Waals surface area contributed by atoms with Crippen molar-refractivity contribution in [2.24, 2.45) is 0 Å². The maximum atomic E-state index is 12.1. The summed E-state index contributed by atoms with van der Waals surface area (Å²) in [7, 11) is 1.69. The molecule has 2 N–H and O–H groups in total. The molecule has 6 heteroatoms. The molecule has 21 heavy (non-hydrogen) atoms. The number of unbranched alkanes of at least 4 members (excludes halogenated alkanes) is 1. The molecule has 2 rings (SSSR count). The number of nitrogens with one attached hydrogen (secondary N) is 1. The Morgan fingerprint density at radius 1 is 1.29 bits per heavy atom. The molecule has 0 fully saturated rings. The van der Waals surface area contributed by atoms with Crippen LogP contribution in [0.25, 0.3) is 0 Å². The Hall–Kier alpha value is -2.37. The largest absolute Gasteiger partial charge is 0.481 e. The van der Waals surface area contributed by atoms with Crippen LogP contribution in [0.3, 0.4) is 0 Å². The van der Waals surface area contributed by atoms with E-state index in [0.29, 0.717) is 31.4 Å². The average molecular weight is 290 g/mol. The summed E-state index contributed by atoms with van der Waals surface area (Å²) in [5, 5.41) is 11.3. The molecule has 0 atom stereocenters. The number of hydrogen-bond acceptors (Lipinski definition) is 3. The molecule has 0 radical (unpaired) electrons. The van der Waals surface area contributed by atoms with Crippen LogP contribution in [0.1, 0.15) is 41.6 Å². The first-order valence-electron chi connectivity index (χ1n) is 6.87. The van der Waals surface area contributed by atoms with E-state index in [0.717, 1.165) is 11.3 Å². The molecule has 2 amide bonds. The maximum absolute atomic E-state index is 12.1. The number of carbonyl (C=O) groups excluding carboxylic acids is 2. The topological polar surface area (TPSA) is 86.7 Å². The van der Waals surface area contributed by atoms with Crippen molar-refractivity contribution in [1.29, 1.82) is 0 Å². The predicted molar refractivity (Wildman–Crippen MR) is 77.4 cm³/mol. The van der Waals surface area contributed by atoms with Crippen molar-refractivity contribution in [3.8, 4) is 0 Å². The van der Waals surface area contributed by atoms with Gasteiger partial charge in [-0.05, 0) is 36.6 Å². The average Bonchev–Trinajstić information content (AvgIpc) is 2.44. The lowest BCUT2D eigenvalue weighted by atomic mass is 10.0. The van der Waals surface area contributed by atoms with Crippen LogP contribution in [0.5, 0.6) is 0 Å². The standard InChI is InChI=1S/C15H18N2O4/c1-17-9-11-8-10(6-7-12(11)16-15(17)21)13(18)4-2-3-5-14(19)20/h6-8H,2-5,9H2,1H3,(H,16,21)(H,19,20). The van der Waals surface area contributed by atoms with Crippen LogP contribution in [0.4, 0.5) is 10.5 Å². The quantitative estimate of drug-likeness (QED) is 0.622. The van der Waals surface area contributed by atoms with Gasteiger partial charge in [0.25, 0.3) is 0 Å². The normalized spacial score (nSPS) is 13.6. The summed E-state index contributed by atoms with van der Waals surface area (Å²) in [6.07, 6.45) is 1.51. The summed E-state index contributed by atoms with van der Waals surface area (Å²) in [6, 6.07) is 5.08. The Morgan fingerprint density at radius 3 is 2.71 bits per heavy atom. The van der Waals surface area contributed by atoms with Crippen molar-refractivity contribution in [3.05, 3.63) is 29.3 Å². The number of rotatable bonds is 6. The first kappa shape index (κ1) is 15.0. The lowest BCUT2D eigenvalue weighted by Crippen LogP contribution is -2.35. The van der Waals surface area contributed by atoms with Gasteiger partial charge in [0, 0.05) is 37.7 Å². The Kier molecular flexibility index (Phi) is 4.57. The highest BCUT2D eigenvalue weighted by Gasteiger charge is 2.20. The number of amides is 2. The highest BCUT2D eigenvalue weighted by atomic mass is 16.4. The lowest BCUT2D eigenvalue weighted by molar-refractivity contribution is -0.137. The Labute approximate surface area is 122 Å². The second-order valence-electron chi connectivity index (χ2n) is 5.18. The van der Waals surface area contributed by atoms with Gasteiger partial charge in [0.05, 0.1) is 0 Å². The summed E-state index contributed by atoms with van der Waals surface area (Å²) in [5.74, 6) is -0.835. The van der Waals surface area contributed by atoms with Crippen LogP contribution in [0.15, 0.2) is 18.2 Å². The second kappa shape index (κ2) is 6.39. The third-order valence-corrected chi connectivity index (χ3v) is 3.47. The van der Waals surface area contributed by atoms with E-state index in [9.17, 15) is 14.4 Å². The first-order chi connectivity index (χ1) is 9.97. The molecule has 1 aliphatic heterocycles. The summed E-state index contributed by atoms with van der Waals surface area (Å²) < 4.78 is 0. The summed E-state index contributed by atoms with van der Waals surface area (Å²) in [5.41, 5.74) is 2.25. The molecule has 0 aromatic heterocycles. The number of carboxylic acids is 1. The molecule has 1 heterocycles. The van der Waals surface area contributed by atoms with E-state index in [4.69, 9.17) is 5.11 Å². The predicted octanol–water partition coefficient (Wildman–Crippen LogP) is 2.49. The van der Waals surface area contributed by atoms with Gasteiger partial charge in [-0.3, -0.25) is 9.59 Å². The van der Waals surface area contributed by atoms with Gasteiger partial charge in [-0.15, -0.1) is 0 Å². The first-order valence-corrected chi connectivity index (χ1v) is 6.87. The molecular weight excluding hydrogens is 272 g/mol. The highest BCUT2D eigenvalue weighted by Crippen LogP contribution is 2.24. The number of aliphatic carboxylic acids is 1. The van der Waals surface area contributed by atoms with Gasteiger partial charge >= 0.3 is 12.0 Å². The van der Waals surface area contributed by atoms with Crippen molar-refractivity contribution in [3.63, 3.8) is 0 Å². The Morgan fingerprint density at radius 2 is 2.00 bits per heavy atom. The summed E-state index contributed by atoms with van der Waals surface area (Å²) in [6.45, 7) is 0.474. The molecule has 1 aromatic rings. The number of fused-ring (bicyclic) bond motifs is 1. The molecule has 112 valence electrons. The summed E-state index contributed by atoms with van der Waals surface area (Å²) in [4.78, 5) is 35.5. The van der Waals surface area contributed by atoms with Crippen LogP contribution >= 0.6 is 0 Å². The van der Waals surface area contributed by atoms with E-state index in [1.165, 1.54) is 0 Å². The number of nitrogens with zero attached hydrogens (tertiary/aromatic N) is 1. The fourth-order valence-electron chi connectivity index (χ4n) is 2.26. The van der Waals surface area contributed by atoms with Crippen molar-refractivity contribution >= 4 is 23.5 Å². The number of carbonyl (C=O) groups is 3. The molecule has 1 aromatic carbocycles. The van der Waals surface area contributed by atoms with Gasteiger partial charge in [-0.2, -0.15) is 0 Å². The zero-order valence-corrected chi connectivity index (χ0v) is 11.9. The highest BCUT2D eigenvalue weighted by molar-refractivity contribution is 5.98. The number of Topliss-reactive ketones (excluding diaryl/α,β-unsaturated/α-hetero) is 1.